The van der Waals surface area contributed by atoms with Gasteiger partial charge in [-0.2, -0.15) is 5.10 Å². The highest BCUT2D eigenvalue weighted by atomic mass is 16.1. The third-order valence-corrected chi connectivity index (χ3v) is 1.83. The van der Waals surface area contributed by atoms with E-state index in [0.29, 0.717) is 5.69 Å². The minimum Gasteiger partial charge on any atom is -0.369 e. The van der Waals surface area contributed by atoms with Crippen LogP contribution < -0.4 is 16.3 Å². The summed E-state index contributed by atoms with van der Waals surface area (Å²) in [5.41, 5.74) is 5.77. The van der Waals surface area contributed by atoms with Crippen LogP contribution in [0.15, 0.2) is 12.7 Å². The van der Waals surface area contributed by atoms with Gasteiger partial charge in [-0.25, -0.2) is 0 Å². The molecule has 0 bridgehead atoms. The Morgan fingerprint density at radius 2 is 2.43 bits per heavy atom. The van der Waals surface area contributed by atoms with E-state index in [9.17, 15) is 4.79 Å². The Morgan fingerprint density at radius 1 is 1.71 bits per heavy atom. The summed E-state index contributed by atoms with van der Waals surface area (Å²) in [5, 5.41) is 8.58. The van der Waals surface area contributed by atoms with E-state index in [1.807, 2.05) is 13.0 Å². The van der Waals surface area contributed by atoms with Gasteiger partial charge in [0.25, 0.3) is 0 Å². The number of nitrogens with one attached hydrogen (secondary N) is 1. The van der Waals surface area contributed by atoms with Crippen molar-refractivity contribution in [1.29, 1.82) is 0 Å². The molecule has 1 amide bonds. The summed E-state index contributed by atoms with van der Waals surface area (Å²) in [6.45, 7) is 5.48. The van der Waals surface area contributed by atoms with Crippen molar-refractivity contribution >= 4 is 18.1 Å². The fourth-order valence-corrected chi connectivity index (χ4v) is 1.27. The highest BCUT2D eigenvalue weighted by Gasteiger charge is 2.03. The zero-order chi connectivity index (χ0) is 10.6. The van der Waals surface area contributed by atoms with Crippen LogP contribution in [0, 0.1) is 0 Å². The van der Waals surface area contributed by atoms with Gasteiger partial charge in [-0.15, -0.1) is 0 Å². The van der Waals surface area contributed by atoms with Gasteiger partial charge in [0.15, 0.2) is 0 Å². The normalized spacial score (nSPS) is 13.2. The molecule has 0 saturated heterocycles. The van der Waals surface area contributed by atoms with Crippen molar-refractivity contribution in [2.45, 2.75) is 13.3 Å². The van der Waals surface area contributed by atoms with Crippen molar-refractivity contribution in [1.82, 2.24) is 10.2 Å². The standard InChI is InChI=1S/C10H13N3O/c1-3-5-8-7(4-2)9(13-12-8)6-10(11)14/h3-5,12H,1,6H2,2H3,(H2,11,14)/b7-4+,8-5+. The van der Waals surface area contributed by atoms with Crippen LogP contribution in [-0.2, 0) is 11.2 Å². The van der Waals surface area contributed by atoms with Crippen LogP contribution >= 0.6 is 0 Å². The minimum absolute atomic E-state index is 0.154. The van der Waals surface area contributed by atoms with Crippen molar-refractivity contribution in [3.8, 4) is 0 Å². The number of nitrogens with zero attached hydrogens (tertiary/aromatic N) is 1. The van der Waals surface area contributed by atoms with Crippen molar-refractivity contribution in [2.75, 3.05) is 0 Å². The predicted molar refractivity (Wildman–Crippen MR) is 55.5 cm³/mol. The summed E-state index contributed by atoms with van der Waals surface area (Å²) in [6.07, 6.45) is 5.50. The van der Waals surface area contributed by atoms with Crippen molar-refractivity contribution in [2.24, 2.45) is 5.73 Å². The Labute approximate surface area is 81.8 Å². The molecule has 14 heavy (non-hydrogen) atoms. The zero-order valence-electron chi connectivity index (χ0n) is 8.08. The number of carbonyl (C=O) groups is 1. The van der Waals surface area contributed by atoms with E-state index in [-0.39, 0.29) is 12.3 Å². The maximum Gasteiger partial charge on any atom is 0.223 e. The molecule has 0 aliphatic carbocycles. The second-order valence-electron chi connectivity index (χ2n) is 2.83. The number of aromatic nitrogens is 2. The molecule has 0 fully saturated rings. The number of amides is 1. The molecule has 4 nitrogen and oxygen atoms in total. The zero-order valence-corrected chi connectivity index (χ0v) is 8.08. The molecular formula is C10H13N3O. The number of hydrogen-bond acceptors (Lipinski definition) is 2. The third kappa shape index (κ3) is 2.10. The van der Waals surface area contributed by atoms with E-state index in [1.54, 1.807) is 12.2 Å². The van der Waals surface area contributed by atoms with Crippen LogP contribution in [0.3, 0.4) is 0 Å². The van der Waals surface area contributed by atoms with Crippen molar-refractivity contribution in [3.05, 3.63) is 28.9 Å². The van der Waals surface area contributed by atoms with Crippen molar-refractivity contribution in [3.63, 3.8) is 0 Å². The lowest BCUT2D eigenvalue weighted by molar-refractivity contribution is -0.117. The molecule has 0 aromatic carbocycles. The summed E-state index contributed by atoms with van der Waals surface area (Å²) >= 11 is 0. The Balaban J connectivity index is 3.29. The second-order valence-corrected chi connectivity index (χ2v) is 2.83. The average molecular weight is 191 g/mol. The smallest absolute Gasteiger partial charge is 0.223 e. The molecule has 0 saturated carbocycles. The van der Waals surface area contributed by atoms with Gasteiger partial charge < -0.3 is 5.73 Å². The highest BCUT2D eigenvalue weighted by molar-refractivity contribution is 5.76. The van der Waals surface area contributed by atoms with Gasteiger partial charge in [-0.05, 0) is 13.0 Å². The van der Waals surface area contributed by atoms with Crippen LogP contribution in [0.5, 0.6) is 0 Å². The third-order valence-electron chi connectivity index (χ3n) is 1.83. The monoisotopic (exact) mass is 191 g/mol. The van der Waals surface area contributed by atoms with Gasteiger partial charge in [-0.1, -0.05) is 18.7 Å². The molecule has 0 aliphatic rings. The number of aromatic amines is 1. The molecule has 3 N–H and O–H groups in total. The van der Waals surface area contributed by atoms with Crippen LogP contribution in [0.4, 0.5) is 0 Å². The molecule has 1 rings (SSSR count). The number of allylic oxidation sites excluding steroid dienone is 1. The number of hydrogen-bond donors (Lipinski definition) is 2. The first kappa shape index (κ1) is 10.2. The molecule has 74 valence electrons. The number of nitrogens with two attached hydrogens (primary N) is 1. The second kappa shape index (κ2) is 4.41. The van der Waals surface area contributed by atoms with Crippen LogP contribution in [0.25, 0.3) is 12.2 Å². The van der Waals surface area contributed by atoms with Crippen LogP contribution in [-0.4, -0.2) is 16.1 Å². The first-order valence-corrected chi connectivity index (χ1v) is 4.29. The van der Waals surface area contributed by atoms with Gasteiger partial charge in [0.1, 0.15) is 0 Å². The maximum absolute atomic E-state index is 10.7. The predicted octanol–water partition coefficient (Wildman–Crippen LogP) is -0.796. The molecule has 1 aromatic rings. The Morgan fingerprint density at radius 3 is 2.93 bits per heavy atom. The van der Waals surface area contributed by atoms with Crippen LogP contribution in [0.1, 0.15) is 12.6 Å². The summed E-state index contributed by atoms with van der Waals surface area (Å²) in [7, 11) is 0. The number of primary amides is 1. The summed E-state index contributed by atoms with van der Waals surface area (Å²) in [6, 6.07) is 0. The van der Waals surface area contributed by atoms with Gasteiger partial charge >= 0.3 is 0 Å². The van der Waals surface area contributed by atoms with E-state index in [1.165, 1.54) is 0 Å². The van der Waals surface area contributed by atoms with E-state index in [2.05, 4.69) is 16.8 Å². The first-order chi connectivity index (χ1) is 6.69. The fraction of sp³-hybridized carbons (Fsp3) is 0.200. The largest absolute Gasteiger partial charge is 0.369 e. The van der Waals surface area contributed by atoms with Gasteiger partial charge in [0, 0.05) is 5.22 Å². The van der Waals surface area contributed by atoms with Gasteiger partial charge in [0.05, 0.1) is 17.5 Å². The maximum atomic E-state index is 10.7. The fourth-order valence-electron chi connectivity index (χ4n) is 1.27. The average Bonchev–Trinajstić information content (AvgIpc) is 2.47. The summed E-state index contributed by atoms with van der Waals surface area (Å²) in [4.78, 5) is 10.7. The molecule has 0 spiro atoms. The number of rotatable bonds is 3. The molecule has 0 unspecified atom stereocenters. The van der Waals surface area contributed by atoms with E-state index in [0.717, 1.165) is 10.6 Å². The molecule has 1 heterocycles. The van der Waals surface area contributed by atoms with Gasteiger partial charge in [-0.3, -0.25) is 9.89 Å². The van der Waals surface area contributed by atoms with E-state index in [4.69, 9.17) is 5.73 Å². The van der Waals surface area contributed by atoms with E-state index < -0.39 is 0 Å². The molecule has 0 aliphatic heterocycles. The topological polar surface area (TPSA) is 71.8 Å². The first-order valence-electron chi connectivity index (χ1n) is 4.29. The van der Waals surface area contributed by atoms with Gasteiger partial charge in [0.2, 0.25) is 5.91 Å². The molecule has 0 radical (unpaired) electrons. The lowest BCUT2D eigenvalue weighted by atomic mass is 10.2. The summed E-state index contributed by atoms with van der Waals surface area (Å²) in [5.74, 6) is -0.384. The molecule has 1 aromatic heterocycles. The van der Waals surface area contributed by atoms with Crippen molar-refractivity contribution < 1.29 is 4.79 Å². The molecule has 4 heteroatoms. The summed E-state index contributed by atoms with van der Waals surface area (Å²) < 4.78 is 0. The Kier molecular flexibility index (Phi) is 3.23. The van der Waals surface area contributed by atoms with Crippen LogP contribution in [0.2, 0.25) is 0 Å². The Hall–Kier alpha value is -1.84. The molecule has 0 atom stereocenters. The Bertz CT molecular complexity index is 456. The van der Waals surface area contributed by atoms with E-state index >= 15 is 0 Å². The SMILES string of the molecule is C=C/C=c1/[nH]nc(CC(N)=O)/c1=C/C. The number of carbonyl (C=O) groups excluding carboxylic acids is 1. The lowest BCUT2D eigenvalue weighted by Gasteiger charge is -1.88. The highest BCUT2D eigenvalue weighted by Crippen LogP contribution is 1.82. The number of H-pyrrole nitrogens is 1. The minimum atomic E-state index is -0.384. The molecular weight excluding hydrogens is 178 g/mol. The lowest BCUT2D eigenvalue weighted by Crippen LogP contribution is -2.27. The quantitative estimate of drug-likeness (QED) is 0.657.